The summed E-state index contributed by atoms with van der Waals surface area (Å²) in [6.45, 7) is 0. The number of para-hydroxylation sites is 3. The predicted octanol–water partition coefficient (Wildman–Crippen LogP) is 13.4. The molecule has 3 nitrogen and oxygen atoms in total. The van der Waals surface area contributed by atoms with E-state index in [2.05, 4.69) is 180 Å². The lowest BCUT2D eigenvalue weighted by atomic mass is 9.97. The molecule has 240 valence electrons. The number of nitrogens with zero attached hydrogens (tertiary/aromatic N) is 1. The van der Waals surface area contributed by atoms with Crippen molar-refractivity contribution in [3.63, 3.8) is 0 Å². The standard InChI is InChI=1S/C48H32N2O/c1-3-9-38(10-4-1)49-39-24-19-34(20-25-39)37-23-28-48-44(31-37)43-30-36(22-27-47(43)51-48)33-17-15-32(16-18-33)35-21-26-46-42(29-35)41-13-7-8-14-45(41)50(46)40-11-5-2-6-12-40/h1-31,49H. The minimum absolute atomic E-state index is 0.896. The van der Waals surface area contributed by atoms with Crippen LogP contribution < -0.4 is 5.32 Å². The van der Waals surface area contributed by atoms with Gasteiger partial charge in [-0.05, 0) is 112 Å². The Kier molecular flexibility index (Phi) is 6.81. The van der Waals surface area contributed by atoms with Gasteiger partial charge in [0.25, 0.3) is 0 Å². The Morgan fingerprint density at radius 3 is 1.41 bits per heavy atom. The molecule has 0 unspecified atom stereocenters. The molecule has 51 heavy (non-hydrogen) atoms. The molecule has 0 saturated carbocycles. The van der Waals surface area contributed by atoms with Crippen molar-refractivity contribution in [3.8, 4) is 39.1 Å². The van der Waals surface area contributed by atoms with Crippen LogP contribution in [0, 0.1) is 0 Å². The maximum absolute atomic E-state index is 6.28. The van der Waals surface area contributed by atoms with Crippen LogP contribution in [-0.4, -0.2) is 4.57 Å². The molecule has 0 aliphatic carbocycles. The van der Waals surface area contributed by atoms with Gasteiger partial charge in [0.05, 0.1) is 11.0 Å². The molecule has 8 aromatic carbocycles. The molecule has 0 spiro atoms. The zero-order valence-electron chi connectivity index (χ0n) is 27.8. The van der Waals surface area contributed by atoms with E-state index in [1.54, 1.807) is 0 Å². The van der Waals surface area contributed by atoms with Gasteiger partial charge < -0.3 is 14.3 Å². The molecule has 10 rings (SSSR count). The van der Waals surface area contributed by atoms with Crippen LogP contribution >= 0.6 is 0 Å². The highest BCUT2D eigenvalue weighted by Crippen LogP contribution is 2.38. The highest BCUT2D eigenvalue weighted by atomic mass is 16.3. The van der Waals surface area contributed by atoms with Crippen LogP contribution in [0.4, 0.5) is 11.4 Å². The van der Waals surface area contributed by atoms with Crippen LogP contribution in [0.3, 0.4) is 0 Å². The van der Waals surface area contributed by atoms with Crippen molar-refractivity contribution in [2.24, 2.45) is 0 Å². The molecule has 0 amide bonds. The third-order valence-electron chi connectivity index (χ3n) is 9.99. The van der Waals surface area contributed by atoms with Crippen molar-refractivity contribution in [1.82, 2.24) is 4.57 Å². The third-order valence-corrected chi connectivity index (χ3v) is 9.99. The second kappa shape index (κ2) is 11.9. The Bertz CT molecular complexity index is 2850. The van der Waals surface area contributed by atoms with Crippen LogP contribution in [0.1, 0.15) is 0 Å². The highest BCUT2D eigenvalue weighted by molar-refractivity contribution is 6.11. The molecular formula is C48H32N2O. The largest absolute Gasteiger partial charge is 0.456 e. The highest BCUT2D eigenvalue weighted by Gasteiger charge is 2.14. The van der Waals surface area contributed by atoms with Crippen LogP contribution in [0.25, 0.3) is 82.8 Å². The van der Waals surface area contributed by atoms with E-state index in [-0.39, 0.29) is 0 Å². The van der Waals surface area contributed by atoms with Gasteiger partial charge in [-0.3, -0.25) is 0 Å². The fourth-order valence-corrected chi connectivity index (χ4v) is 7.43. The van der Waals surface area contributed by atoms with Crippen molar-refractivity contribution < 1.29 is 4.42 Å². The van der Waals surface area contributed by atoms with Gasteiger partial charge in [0.1, 0.15) is 11.2 Å². The Labute approximate surface area is 295 Å². The molecule has 3 heteroatoms. The molecule has 0 saturated heterocycles. The van der Waals surface area contributed by atoms with Crippen molar-refractivity contribution in [2.45, 2.75) is 0 Å². The molecule has 0 fully saturated rings. The number of rotatable bonds is 6. The first-order chi connectivity index (χ1) is 25.2. The second-order valence-electron chi connectivity index (χ2n) is 13.1. The fourth-order valence-electron chi connectivity index (χ4n) is 7.43. The Hall–Kier alpha value is -6.84. The van der Waals surface area contributed by atoms with Gasteiger partial charge in [-0.1, -0.05) is 109 Å². The molecule has 10 aromatic rings. The zero-order valence-corrected chi connectivity index (χ0v) is 27.8. The van der Waals surface area contributed by atoms with Gasteiger partial charge in [-0.25, -0.2) is 0 Å². The summed E-state index contributed by atoms with van der Waals surface area (Å²) >= 11 is 0. The number of anilines is 2. The van der Waals surface area contributed by atoms with E-state index in [9.17, 15) is 0 Å². The van der Waals surface area contributed by atoms with Gasteiger partial charge >= 0.3 is 0 Å². The fraction of sp³-hybridized carbons (Fsp3) is 0. The van der Waals surface area contributed by atoms with E-state index >= 15 is 0 Å². The zero-order chi connectivity index (χ0) is 33.7. The summed E-state index contributed by atoms with van der Waals surface area (Å²) in [5.41, 5.74) is 14.6. The van der Waals surface area contributed by atoms with Crippen molar-refractivity contribution in [2.75, 3.05) is 5.32 Å². The van der Waals surface area contributed by atoms with E-state index in [1.165, 1.54) is 55.3 Å². The van der Waals surface area contributed by atoms with Gasteiger partial charge in [0.2, 0.25) is 0 Å². The second-order valence-corrected chi connectivity index (χ2v) is 13.1. The number of furan rings is 1. The summed E-state index contributed by atoms with van der Waals surface area (Å²) in [5.74, 6) is 0. The molecular weight excluding hydrogens is 621 g/mol. The number of nitrogens with one attached hydrogen (secondary N) is 1. The van der Waals surface area contributed by atoms with E-state index in [0.29, 0.717) is 0 Å². The van der Waals surface area contributed by atoms with Crippen molar-refractivity contribution in [3.05, 3.63) is 188 Å². The van der Waals surface area contributed by atoms with Crippen LogP contribution in [0.5, 0.6) is 0 Å². The lowest BCUT2D eigenvalue weighted by molar-refractivity contribution is 0.669. The average molecular weight is 653 g/mol. The van der Waals surface area contributed by atoms with Crippen LogP contribution in [0.15, 0.2) is 192 Å². The quantitative estimate of drug-likeness (QED) is 0.194. The summed E-state index contributed by atoms with van der Waals surface area (Å²) in [7, 11) is 0. The topological polar surface area (TPSA) is 30.1 Å². The molecule has 2 aromatic heterocycles. The monoisotopic (exact) mass is 652 g/mol. The van der Waals surface area contributed by atoms with E-state index < -0.39 is 0 Å². The molecule has 0 aliphatic heterocycles. The molecule has 0 bridgehead atoms. The Balaban J connectivity index is 0.965. The van der Waals surface area contributed by atoms with Gasteiger partial charge in [0, 0.05) is 38.6 Å². The van der Waals surface area contributed by atoms with Crippen LogP contribution in [0.2, 0.25) is 0 Å². The number of hydrogen-bond donors (Lipinski definition) is 1. The minimum atomic E-state index is 0.896. The molecule has 0 radical (unpaired) electrons. The van der Waals surface area contributed by atoms with E-state index in [0.717, 1.165) is 38.9 Å². The first-order valence-corrected chi connectivity index (χ1v) is 17.3. The molecule has 0 atom stereocenters. The predicted molar refractivity (Wildman–Crippen MR) is 214 cm³/mol. The van der Waals surface area contributed by atoms with E-state index in [1.807, 2.05) is 18.2 Å². The maximum atomic E-state index is 6.28. The normalized spacial score (nSPS) is 11.5. The summed E-state index contributed by atoms with van der Waals surface area (Å²) in [6, 6.07) is 66.9. The molecule has 1 N–H and O–H groups in total. The number of benzene rings is 8. The lowest BCUT2D eigenvalue weighted by Crippen LogP contribution is -1.92. The minimum Gasteiger partial charge on any atom is -0.456 e. The average Bonchev–Trinajstić information content (AvgIpc) is 3.73. The Morgan fingerprint density at radius 2 is 0.784 bits per heavy atom. The first-order valence-electron chi connectivity index (χ1n) is 17.3. The van der Waals surface area contributed by atoms with Gasteiger partial charge in [0.15, 0.2) is 0 Å². The summed E-state index contributed by atoms with van der Waals surface area (Å²) in [4.78, 5) is 0. The van der Waals surface area contributed by atoms with Gasteiger partial charge in [-0.15, -0.1) is 0 Å². The van der Waals surface area contributed by atoms with Crippen LogP contribution in [-0.2, 0) is 0 Å². The SMILES string of the molecule is c1ccc(Nc2ccc(-c3ccc4oc5ccc(-c6ccc(-c7ccc8c(c7)c7ccccc7n8-c7ccccc7)cc6)cc5c4c3)cc2)cc1. The summed E-state index contributed by atoms with van der Waals surface area (Å²) < 4.78 is 8.64. The Morgan fingerprint density at radius 1 is 0.333 bits per heavy atom. The van der Waals surface area contributed by atoms with Crippen molar-refractivity contribution >= 4 is 55.1 Å². The summed E-state index contributed by atoms with van der Waals surface area (Å²) in [6.07, 6.45) is 0. The smallest absolute Gasteiger partial charge is 0.135 e. The number of aromatic nitrogens is 1. The summed E-state index contributed by atoms with van der Waals surface area (Å²) in [5, 5.41) is 8.23. The maximum Gasteiger partial charge on any atom is 0.135 e. The third kappa shape index (κ3) is 5.15. The number of hydrogen-bond acceptors (Lipinski definition) is 2. The first kappa shape index (κ1) is 29.1. The van der Waals surface area contributed by atoms with Crippen molar-refractivity contribution in [1.29, 1.82) is 0 Å². The van der Waals surface area contributed by atoms with E-state index in [4.69, 9.17) is 4.42 Å². The lowest BCUT2D eigenvalue weighted by Gasteiger charge is -2.09. The molecule has 2 heterocycles. The van der Waals surface area contributed by atoms with Gasteiger partial charge in [-0.2, -0.15) is 0 Å². The molecule has 0 aliphatic rings. The number of fused-ring (bicyclic) bond motifs is 6.